The first-order valence-corrected chi connectivity index (χ1v) is 6.32. The summed E-state index contributed by atoms with van der Waals surface area (Å²) in [7, 11) is 1.31. The quantitative estimate of drug-likeness (QED) is 0.605. The SMILES string of the molecule is CCCCC(NC(=O)c1cccc(N)c1)C(=O)OC. The van der Waals surface area contributed by atoms with E-state index in [0.717, 1.165) is 12.8 Å². The zero-order valence-electron chi connectivity index (χ0n) is 11.3. The lowest BCUT2D eigenvalue weighted by molar-refractivity contribution is -0.143. The number of rotatable bonds is 6. The van der Waals surface area contributed by atoms with E-state index in [9.17, 15) is 9.59 Å². The van der Waals surface area contributed by atoms with Crippen LogP contribution in [0.4, 0.5) is 5.69 Å². The molecule has 19 heavy (non-hydrogen) atoms. The minimum Gasteiger partial charge on any atom is -0.467 e. The van der Waals surface area contributed by atoms with E-state index in [-0.39, 0.29) is 5.91 Å². The summed E-state index contributed by atoms with van der Waals surface area (Å²) in [4.78, 5) is 23.6. The average Bonchev–Trinajstić information content (AvgIpc) is 2.42. The molecule has 3 N–H and O–H groups in total. The van der Waals surface area contributed by atoms with Gasteiger partial charge in [0.1, 0.15) is 6.04 Å². The number of hydrogen-bond acceptors (Lipinski definition) is 4. The number of esters is 1. The third-order valence-corrected chi connectivity index (χ3v) is 2.79. The molecule has 104 valence electrons. The van der Waals surface area contributed by atoms with Crippen molar-refractivity contribution in [1.82, 2.24) is 5.32 Å². The number of unbranched alkanes of at least 4 members (excludes halogenated alkanes) is 1. The van der Waals surface area contributed by atoms with Crippen molar-refractivity contribution in [3.63, 3.8) is 0 Å². The van der Waals surface area contributed by atoms with E-state index in [0.29, 0.717) is 17.7 Å². The van der Waals surface area contributed by atoms with Crippen LogP contribution in [0.25, 0.3) is 0 Å². The van der Waals surface area contributed by atoms with Gasteiger partial charge in [-0.25, -0.2) is 4.79 Å². The summed E-state index contributed by atoms with van der Waals surface area (Å²) in [5, 5.41) is 2.68. The molecule has 0 aliphatic carbocycles. The Morgan fingerprint density at radius 2 is 2.16 bits per heavy atom. The molecule has 1 rings (SSSR count). The lowest BCUT2D eigenvalue weighted by Gasteiger charge is -2.16. The van der Waals surface area contributed by atoms with Gasteiger partial charge in [0.2, 0.25) is 0 Å². The van der Waals surface area contributed by atoms with Gasteiger partial charge >= 0.3 is 5.97 Å². The van der Waals surface area contributed by atoms with Crippen molar-refractivity contribution in [2.75, 3.05) is 12.8 Å². The molecule has 0 radical (unpaired) electrons. The molecule has 1 atom stereocenters. The van der Waals surface area contributed by atoms with Gasteiger partial charge in [0.05, 0.1) is 7.11 Å². The van der Waals surface area contributed by atoms with Crippen LogP contribution in [0.3, 0.4) is 0 Å². The van der Waals surface area contributed by atoms with Crippen LogP contribution >= 0.6 is 0 Å². The highest BCUT2D eigenvalue weighted by Gasteiger charge is 2.21. The molecule has 0 aliphatic rings. The summed E-state index contributed by atoms with van der Waals surface area (Å²) >= 11 is 0. The number of anilines is 1. The molecule has 0 spiro atoms. The second-order valence-corrected chi connectivity index (χ2v) is 4.32. The van der Waals surface area contributed by atoms with Crippen LogP contribution in [0.2, 0.25) is 0 Å². The first kappa shape index (κ1) is 15.0. The maximum Gasteiger partial charge on any atom is 0.328 e. The summed E-state index contributed by atoms with van der Waals surface area (Å²) in [6.45, 7) is 2.02. The number of methoxy groups -OCH3 is 1. The second-order valence-electron chi connectivity index (χ2n) is 4.32. The van der Waals surface area contributed by atoms with Crippen LogP contribution in [-0.2, 0) is 9.53 Å². The molecule has 0 heterocycles. The van der Waals surface area contributed by atoms with Gasteiger partial charge in [0.25, 0.3) is 5.91 Å². The minimum absolute atomic E-state index is 0.321. The van der Waals surface area contributed by atoms with Gasteiger partial charge in [-0.3, -0.25) is 4.79 Å². The van der Waals surface area contributed by atoms with Gasteiger partial charge in [-0.15, -0.1) is 0 Å². The molecule has 1 aromatic rings. The van der Waals surface area contributed by atoms with Gasteiger partial charge in [0.15, 0.2) is 0 Å². The summed E-state index contributed by atoms with van der Waals surface area (Å²) in [6.07, 6.45) is 2.36. The van der Waals surface area contributed by atoms with E-state index < -0.39 is 12.0 Å². The number of nitrogens with one attached hydrogen (secondary N) is 1. The molecular formula is C14H20N2O3. The third kappa shape index (κ3) is 4.62. The summed E-state index contributed by atoms with van der Waals surface area (Å²) in [5.74, 6) is -0.746. The number of nitrogen functional groups attached to an aromatic ring is 1. The highest BCUT2D eigenvalue weighted by Crippen LogP contribution is 2.08. The first-order chi connectivity index (χ1) is 9.08. The van der Waals surface area contributed by atoms with Crippen LogP contribution in [0, 0.1) is 0 Å². The van der Waals surface area contributed by atoms with Crippen molar-refractivity contribution in [3.8, 4) is 0 Å². The van der Waals surface area contributed by atoms with Crippen LogP contribution in [-0.4, -0.2) is 25.0 Å². The molecular weight excluding hydrogens is 244 g/mol. The van der Waals surface area contributed by atoms with Crippen LogP contribution in [0.5, 0.6) is 0 Å². The highest BCUT2D eigenvalue weighted by atomic mass is 16.5. The molecule has 0 aliphatic heterocycles. The second kappa shape index (κ2) is 7.41. The Bertz CT molecular complexity index is 446. The van der Waals surface area contributed by atoms with E-state index >= 15 is 0 Å². The monoisotopic (exact) mass is 264 g/mol. The summed E-state index contributed by atoms with van der Waals surface area (Å²) in [6, 6.07) is 6.01. The van der Waals surface area contributed by atoms with E-state index in [4.69, 9.17) is 10.5 Å². The van der Waals surface area contributed by atoms with Crippen LogP contribution in [0.1, 0.15) is 36.5 Å². The largest absolute Gasteiger partial charge is 0.467 e. The number of nitrogens with two attached hydrogens (primary N) is 1. The van der Waals surface area contributed by atoms with E-state index in [1.807, 2.05) is 6.92 Å². The highest BCUT2D eigenvalue weighted by molar-refractivity contribution is 5.97. The molecule has 1 aromatic carbocycles. The summed E-state index contributed by atoms with van der Waals surface area (Å²) < 4.78 is 4.69. The van der Waals surface area contributed by atoms with Crippen LogP contribution < -0.4 is 11.1 Å². The Hall–Kier alpha value is -2.04. The molecule has 0 saturated carbocycles. The van der Waals surface area contributed by atoms with Crippen molar-refractivity contribution < 1.29 is 14.3 Å². The fraction of sp³-hybridized carbons (Fsp3) is 0.429. The van der Waals surface area contributed by atoms with Crippen molar-refractivity contribution in [2.24, 2.45) is 0 Å². The maximum absolute atomic E-state index is 12.0. The molecule has 5 heteroatoms. The van der Waals surface area contributed by atoms with Crippen molar-refractivity contribution in [3.05, 3.63) is 29.8 Å². The average molecular weight is 264 g/mol. The molecule has 5 nitrogen and oxygen atoms in total. The lowest BCUT2D eigenvalue weighted by atomic mass is 10.1. The number of benzene rings is 1. The van der Waals surface area contributed by atoms with Gasteiger partial charge in [-0.05, 0) is 24.6 Å². The first-order valence-electron chi connectivity index (χ1n) is 6.32. The number of carbonyl (C=O) groups excluding carboxylic acids is 2. The normalized spacial score (nSPS) is 11.7. The Labute approximate surface area is 113 Å². The smallest absolute Gasteiger partial charge is 0.328 e. The molecule has 1 unspecified atom stereocenters. The van der Waals surface area contributed by atoms with E-state index in [1.165, 1.54) is 7.11 Å². The van der Waals surface area contributed by atoms with Crippen molar-refractivity contribution >= 4 is 17.6 Å². The predicted octanol–water partition coefficient (Wildman–Crippen LogP) is 1.73. The Morgan fingerprint density at radius 3 is 2.74 bits per heavy atom. The molecule has 1 amide bonds. The van der Waals surface area contributed by atoms with Gasteiger partial charge in [-0.1, -0.05) is 25.8 Å². The van der Waals surface area contributed by atoms with E-state index in [1.54, 1.807) is 24.3 Å². The molecule has 0 bridgehead atoms. The number of ether oxygens (including phenoxy) is 1. The molecule has 0 aromatic heterocycles. The zero-order valence-corrected chi connectivity index (χ0v) is 11.3. The predicted molar refractivity (Wildman–Crippen MR) is 73.6 cm³/mol. The van der Waals surface area contributed by atoms with Gasteiger partial charge in [0, 0.05) is 11.3 Å². The molecule has 0 fully saturated rings. The zero-order chi connectivity index (χ0) is 14.3. The summed E-state index contributed by atoms with van der Waals surface area (Å²) in [5.41, 5.74) is 6.57. The van der Waals surface area contributed by atoms with Crippen LogP contribution in [0.15, 0.2) is 24.3 Å². The minimum atomic E-state index is -0.612. The number of amides is 1. The van der Waals surface area contributed by atoms with Crippen molar-refractivity contribution in [1.29, 1.82) is 0 Å². The fourth-order valence-electron chi connectivity index (χ4n) is 1.72. The van der Waals surface area contributed by atoms with Gasteiger partial charge in [-0.2, -0.15) is 0 Å². The fourth-order valence-corrected chi connectivity index (χ4v) is 1.72. The number of carbonyl (C=O) groups is 2. The van der Waals surface area contributed by atoms with Gasteiger partial charge < -0.3 is 15.8 Å². The third-order valence-electron chi connectivity index (χ3n) is 2.79. The number of hydrogen-bond donors (Lipinski definition) is 2. The standard InChI is InChI=1S/C14H20N2O3/c1-3-4-8-12(14(18)19-2)16-13(17)10-6-5-7-11(15)9-10/h5-7,9,12H,3-4,8,15H2,1-2H3,(H,16,17). The Morgan fingerprint density at radius 1 is 1.42 bits per heavy atom. The Kier molecular flexibility index (Phi) is 5.85. The lowest BCUT2D eigenvalue weighted by Crippen LogP contribution is -2.41. The topological polar surface area (TPSA) is 81.4 Å². The van der Waals surface area contributed by atoms with E-state index in [2.05, 4.69) is 5.32 Å². The Balaban J connectivity index is 2.72. The molecule has 0 saturated heterocycles. The van der Waals surface area contributed by atoms with Crippen molar-refractivity contribution in [2.45, 2.75) is 32.2 Å². The maximum atomic E-state index is 12.0.